The molecule has 0 atom stereocenters. The van der Waals surface area contributed by atoms with Gasteiger partial charge in [0.2, 0.25) is 5.95 Å². The van der Waals surface area contributed by atoms with E-state index >= 15 is 0 Å². The quantitative estimate of drug-likeness (QED) is 0.690. The molecule has 27 heavy (non-hydrogen) atoms. The first-order valence-electron chi connectivity index (χ1n) is 8.27. The van der Waals surface area contributed by atoms with Crippen LogP contribution in [0.2, 0.25) is 0 Å². The second kappa shape index (κ2) is 6.82. The van der Waals surface area contributed by atoms with Crippen LogP contribution in [0.4, 0.5) is 24.9 Å². The number of para-hydroxylation sites is 1. The molecule has 0 spiro atoms. The number of nitrogens with zero attached hydrogens (tertiary/aromatic N) is 8. The average Bonchev–Trinajstić information content (AvgIpc) is 3.18. The van der Waals surface area contributed by atoms with Crippen LogP contribution in [0, 0.1) is 0 Å². The van der Waals surface area contributed by atoms with E-state index < -0.39 is 11.9 Å². The fourth-order valence-corrected chi connectivity index (χ4v) is 2.90. The van der Waals surface area contributed by atoms with Crippen molar-refractivity contribution in [3.63, 3.8) is 0 Å². The van der Waals surface area contributed by atoms with Crippen molar-refractivity contribution in [1.29, 1.82) is 0 Å². The van der Waals surface area contributed by atoms with Gasteiger partial charge in [0.25, 0.3) is 0 Å². The lowest BCUT2D eigenvalue weighted by Crippen LogP contribution is -2.47. The average molecular weight is 376 g/mol. The first-order chi connectivity index (χ1) is 13.0. The fraction of sp³-hybridized carbons (Fsp3) is 0.312. The number of hydrogen-bond donors (Lipinski definition) is 0. The van der Waals surface area contributed by atoms with Crippen LogP contribution >= 0.6 is 0 Å². The maximum Gasteiger partial charge on any atom is 0.435 e. The third-order valence-electron chi connectivity index (χ3n) is 4.28. The molecule has 4 rings (SSSR count). The van der Waals surface area contributed by atoms with Crippen molar-refractivity contribution in [3.05, 3.63) is 48.2 Å². The van der Waals surface area contributed by atoms with Gasteiger partial charge < -0.3 is 9.80 Å². The summed E-state index contributed by atoms with van der Waals surface area (Å²) >= 11 is 0. The van der Waals surface area contributed by atoms with E-state index in [-0.39, 0.29) is 0 Å². The minimum Gasteiger partial charge on any atom is -0.352 e. The first kappa shape index (κ1) is 17.2. The fourth-order valence-electron chi connectivity index (χ4n) is 2.90. The summed E-state index contributed by atoms with van der Waals surface area (Å²) in [5.41, 5.74) is -0.138. The van der Waals surface area contributed by atoms with Gasteiger partial charge in [0.1, 0.15) is 0 Å². The lowest BCUT2D eigenvalue weighted by Gasteiger charge is -2.35. The van der Waals surface area contributed by atoms with E-state index in [4.69, 9.17) is 0 Å². The van der Waals surface area contributed by atoms with Gasteiger partial charge in [0, 0.05) is 26.2 Å². The molecule has 11 heteroatoms. The summed E-state index contributed by atoms with van der Waals surface area (Å²) in [4.78, 5) is 3.92. The van der Waals surface area contributed by atoms with Crippen molar-refractivity contribution in [2.45, 2.75) is 6.18 Å². The van der Waals surface area contributed by atoms with E-state index in [2.05, 4.69) is 25.7 Å². The molecule has 0 bridgehead atoms. The van der Waals surface area contributed by atoms with Gasteiger partial charge in [-0.05, 0) is 34.7 Å². The number of benzene rings is 1. The first-order valence-corrected chi connectivity index (χ1v) is 8.27. The van der Waals surface area contributed by atoms with Gasteiger partial charge in [-0.1, -0.05) is 23.3 Å². The number of hydrogen-bond acceptors (Lipinski definition) is 7. The van der Waals surface area contributed by atoms with Crippen LogP contribution in [0.3, 0.4) is 0 Å². The SMILES string of the molecule is FC(F)(F)c1ccc(N2CCN(c3nnnn3-c3ccccc3)CC2)nn1. The zero-order valence-corrected chi connectivity index (χ0v) is 14.1. The lowest BCUT2D eigenvalue weighted by molar-refractivity contribution is -0.141. The molecule has 1 saturated heterocycles. The maximum absolute atomic E-state index is 12.6. The third kappa shape index (κ3) is 3.52. The van der Waals surface area contributed by atoms with Crippen molar-refractivity contribution in [1.82, 2.24) is 30.4 Å². The summed E-state index contributed by atoms with van der Waals surface area (Å²) in [6, 6.07) is 11.8. The molecule has 2 aromatic heterocycles. The van der Waals surface area contributed by atoms with Crippen LogP contribution in [0.1, 0.15) is 5.69 Å². The van der Waals surface area contributed by atoms with Crippen LogP contribution in [-0.2, 0) is 6.18 Å². The van der Waals surface area contributed by atoms with Crippen molar-refractivity contribution in [2.75, 3.05) is 36.0 Å². The van der Waals surface area contributed by atoms with E-state index in [9.17, 15) is 13.2 Å². The summed E-state index contributed by atoms with van der Waals surface area (Å²) in [6.45, 7) is 2.36. The van der Waals surface area contributed by atoms with E-state index in [0.29, 0.717) is 37.9 Å². The zero-order chi connectivity index (χ0) is 18.9. The molecule has 140 valence electrons. The van der Waals surface area contributed by atoms with Crippen LogP contribution in [0.5, 0.6) is 0 Å². The van der Waals surface area contributed by atoms with Gasteiger partial charge in [0.05, 0.1) is 5.69 Å². The van der Waals surface area contributed by atoms with Gasteiger partial charge in [-0.3, -0.25) is 0 Å². The van der Waals surface area contributed by atoms with E-state index in [1.807, 2.05) is 40.1 Å². The summed E-state index contributed by atoms with van der Waals surface area (Å²) in [7, 11) is 0. The molecular weight excluding hydrogens is 361 g/mol. The van der Waals surface area contributed by atoms with Crippen LogP contribution < -0.4 is 9.80 Å². The second-order valence-electron chi connectivity index (χ2n) is 5.97. The smallest absolute Gasteiger partial charge is 0.352 e. The van der Waals surface area contributed by atoms with Crippen molar-refractivity contribution in [3.8, 4) is 5.69 Å². The Morgan fingerprint density at radius 3 is 2.11 bits per heavy atom. The minimum absolute atomic E-state index is 0.422. The summed E-state index contributed by atoms with van der Waals surface area (Å²) in [5, 5.41) is 18.9. The van der Waals surface area contributed by atoms with Crippen molar-refractivity contribution >= 4 is 11.8 Å². The Morgan fingerprint density at radius 1 is 0.778 bits per heavy atom. The van der Waals surface area contributed by atoms with Crippen LogP contribution in [-0.4, -0.2) is 56.6 Å². The molecule has 3 heterocycles. The second-order valence-corrected chi connectivity index (χ2v) is 5.97. The topological polar surface area (TPSA) is 75.9 Å². The highest BCUT2D eigenvalue weighted by atomic mass is 19.4. The predicted molar refractivity (Wildman–Crippen MR) is 90.6 cm³/mol. The summed E-state index contributed by atoms with van der Waals surface area (Å²) in [6.07, 6.45) is -4.49. The van der Waals surface area contributed by atoms with Gasteiger partial charge in [-0.2, -0.15) is 17.9 Å². The Hall–Kier alpha value is -3.24. The Kier molecular flexibility index (Phi) is 4.34. The molecular formula is C16H15F3N8. The van der Waals surface area contributed by atoms with Gasteiger partial charge in [-0.25, -0.2) is 0 Å². The molecule has 0 amide bonds. The minimum atomic E-state index is -4.49. The molecule has 0 saturated carbocycles. The predicted octanol–water partition coefficient (Wildman–Crippen LogP) is 1.80. The van der Waals surface area contributed by atoms with E-state index in [1.54, 1.807) is 4.68 Å². The number of halogens is 3. The lowest BCUT2D eigenvalue weighted by atomic mass is 10.3. The molecule has 1 fully saturated rings. The molecule has 8 nitrogen and oxygen atoms in total. The Bertz CT molecular complexity index is 886. The maximum atomic E-state index is 12.6. The summed E-state index contributed by atoms with van der Waals surface area (Å²) in [5.74, 6) is 1.05. The Labute approximate surface area is 152 Å². The number of anilines is 2. The molecule has 3 aromatic rings. The molecule has 0 N–H and O–H groups in total. The largest absolute Gasteiger partial charge is 0.435 e. The van der Waals surface area contributed by atoms with Crippen molar-refractivity contribution in [2.24, 2.45) is 0 Å². The highest BCUT2D eigenvalue weighted by Gasteiger charge is 2.33. The van der Waals surface area contributed by atoms with E-state index in [0.717, 1.165) is 11.8 Å². The van der Waals surface area contributed by atoms with Crippen molar-refractivity contribution < 1.29 is 13.2 Å². The molecule has 1 aliphatic rings. The normalized spacial score (nSPS) is 15.2. The zero-order valence-electron chi connectivity index (χ0n) is 14.1. The number of rotatable bonds is 3. The highest BCUT2D eigenvalue weighted by molar-refractivity contribution is 5.44. The molecule has 0 unspecified atom stereocenters. The van der Waals surface area contributed by atoms with Gasteiger partial charge >= 0.3 is 6.18 Å². The highest BCUT2D eigenvalue weighted by Crippen LogP contribution is 2.28. The Balaban J connectivity index is 1.45. The molecule has 0 radical (unpaired) electrons. The van der Waals surface area contributed by atoms with Crippen LogP contribution in [0.15, 0.2) is 42.5 Å². The summed E-state index contributed by atoms with van der Waals surface area (Å²) < 4.78 is 39.5. The number of tetrazole rings is 1. The van der Waals surface area contributed by atoms with E-state index in [1.165, 1.54) is 6.07 Å². The Morgan fingerprint density at radius 2 is 1.48 bits per heavy atom. The number of piperazine rings is 1. The standard InChI is InChI=1S/C16H15F3N8/c17-16(18,19)13-6-7-14(21-20-13)25-8-10-26(11-9-25)15-22-23-24-27(15)12-4-2-1-3-5-12/h1-7H,8-11H2. The monoisotopic (exact) mass is 376 g/mol. The third-order valence-corrected chi connectivity index (χ3v) is 4.28. The number of alkyl halides is 3. The number of aromatic nitrogens is 6. The van der Waals surface area contributed by atoms with Gasteiger partial charge in [-0.15, -0.1) is 10.2 Å². The van der Waals surface area contributed by atoms with Gasteiger partial charge in [0.15, 0.2) is 11.5 Å². The molecule has 1 aromatic carbocycles. The van der Waals surface area contributed by atoms with Crippen LogP contribution in [0.25, 0.3) is 5.69 Å². The molecule has 1 aliphatic heterocycles. The molecule has 0 aliphatic carbocycles.